The van der Waals surface area contributed by atoms with Crippen LogP contribution in [0, 0.1) is 11.3 Å². The molecule has 2 rings (SSSR count). The van der Waals surface area contributed by atoms with Crippen LogP contribution in [-0.2, 0) is 4.79 Å². The monoisotopic (exact) mass is 141 g/mol. The zero-order valence-electron chi connectivity index (χ0n) is 5.76. The molecule has 2 N–H and O–H groups in total. The summed E-state index contributed by atoms with van der Waals surface area (Å²) < 4.78 is 0. The molecule has 0 aromatic carbocycles. The molecule has 0 spiro atoms. The van der Waals surface area contributed by atoms with Gasteiger partial charge in [-0.1, -0.05) is 0 Å². The first-order valence-corrected chi connectivity index (χ1v) is 3.70. The Kier molecular flexibility index (Phi) is 1.06. The van der Waals surface area contributed by atoms with Crippen LogP contribution in [0.3, 0.4) is 0 Å². The van der Waals surface area contributed by atoms with Gasteiger partial charge in [-0.15, -0.1) is 0 Å². The van der Waals surface area contributed by atoms with Crippen LogP contribution in [0.15, 0.2) is 0 Å². The number of hydrogen-bond donors (Lipinski definition) is 2. The molecule has 0 amide bonds. The van der Waals surface area contributed by atoms with Crippen molar-refractivity contribution >= 4 is 5.97 Å². The van der Waals surface area contributed by atoms with Gasteiger partial charge in [-0.25, -0.2) is 0 Å². The fourth-order valence-electron chi connectivity index (χ4n) is 1.64. The summed E-state index contributed by atoms with van der Waals surface area (Å²) >= 11 is 0. The van der Waals surface area contributed by atoms with Gasteiger partial charge in [0.25, 0.3) is 0 Å². The van der Waals surface area contributed by atoms with E-state index >= 15 is 0 Å². The van der Waals surface area contributed by atoms with E-state index in [0.29, 0.717) is 19.0 Å². The van der Waals surface area contributed by atoms with Crippen LogP contribution in [0.25, 0.3) is 0 Å². The van der Waals surface area contributed by atoms with Crippen LogP contribution in [0.2, 0.25) is 0 Å². The third-order valence-corrected chi connectivity index (χ3v) is 2.67. The standard InChI is InChI=1S/C7H11NO2/c9-6(10)7(3-8-4-7)5-1-2-5/h5,8H,1-4H2,(H,9,10). The van der Waals surface area contributed by atoms with Gasteiger partial charge in [0.2, 0.25) is 0 Å². The maximum atomic E-state index is 10.7. The van der Waals surface area contributed by atoms with Crippen molar-refractivity contribution in [3.63, 3.8) is 0 Å². The fraction of sp³-hybridized carbons (Fsp3) is 0.857. The molecule has 2 aliphatic rings. The molecule has 1 aliphatic heterocycles. The molecule has 0 aromatic heterocycles. The van der Waals surface area contributed by atoms with E-state index in [0.717, 1.165) is 12.8 Å². The molecule has 1 heterocycles. The van der Waals surface area contributed by atoms with E-state index in [2.05, 4.69) is 5.32 Å². The number of hydrogen-bond acceptors (Lipinski definition) is 2. The lowest BCUT2D eigenvalue weighted by Crippen LogP contribution is -2.59. The molecule has 3 nitrogen and oxygen atoms in total. The Labute approximate surface area is 59.4 Å². The molecule has 0 bridgehead atoms. The van der Waals surface area contributed by atoms with E-state index in [1.165, 1.54) is 0 Å². The second-order valence-electron chi connectivity index (χ2n) is 3.34. The lowest BCUT2D eigenvalue weighted by molar-refractivity contribution is -0.153. The van der Waals surface area contributed by atoms with Gasteiger partial charge in [-0.05, 0) is 18.8 Å². The molecule has 1 aliphatic carbocycles. The lowest BCUT2D eigenvalue weighted by Gasteiger charge is -2.38. The van der Waals surface area contributed by atoms with Crippen molar-refractivity contribution in [2.45, 2.75) is 12.8 Å². The number of carboxylic acid groups (broad SMARTS) is 1. The Hall–Kier alpha value is -0.570. The molecule has 0 radical (unpaired) electrons. The fourth-order valence-corrected chi connectivity index (χ4v) is 1.64. The zero-order chi connectivity index (χ0) is 7.19. The number of nitrogens with one attached hydrogen (secondary N) is 1. The topological polar surface area (TPSA) is 49.3 Å². The van der Waals surface area contributed by atoms with Crippen LogP contribution in [-0.4, -0.2) is 24.2 Å². The number of aliphatic carboxylic acids is 1. The first kappa shape index (κ1) is 6.16. The van der Waals surface area contributed by atoms with Gasteiger partial charge >= 0.3 is 5.97 Å². The maximum absolute atomic E-state index is 10.7. The largest absolute Gasteiger partial charge is 0.481 e. The van der Waals surface area contributed by atoms with Crippen molar-refractivity contribution in [2.24, 2.45) is 11.3 Å². The molecular formula is C7H11NO2. The van der Waals surface area contributed by atoms with E-state index in [1.54, 1.807) is 0 Å². The molecule has 2 fully saturated rings. The first-order valence-electron chi connectivity index (χ1n) is 3.70. The normalized spacial score (nSPS) is 29.2. The summed E-state index contributed by atoms with van der Waals surface area (Å²) in [5, 5.41) is 11.9. The van der Waals surface area contributed by atoms with Crippen molar-refractivity contribution in [3.8, 4) is 0 Å². The highest BCUT2D eigenvalue weighted by atomic mass is 16.4. The minimum atomic E-state index is -0.603. The summed E-state index contributed by atoms with van der Waals surface area (Å²) in [7, 11) is 0. The highest BCUT2D eigenvalue weighted by Gasteiger charge is 2.54. The smallest absolute Gasteiger partial charge is 0.312 e. The Morgan fingerprint density at radius 1 is 1.50 bits per heavy atom. The van der Waals surface area contributed by atoms with Crippen molar-refractivity contribution in [2.75, 3.05) is 13.1 Å². The molecule has 0 unspecified atom stereocenters. The van der Waals surface area contributed by atoms with Crippen LogP contribution in [0.5, 0.6) is 0 Å². The van der Waals surface area contributed by atoms with E-state index in [9.17, 15) is 4.79 Å². The van der Waals surface area contributed by atoms with Crippen molar-refractivity contribution in [1.82, 2.24) is 5.32 Å². The van der Waals surface area contributed by atoms with Crippen LogP contribution in [0.4, 0.5) is 0 Å². The lowest BCUT2D eigenvalue weighted by atomic mass is 9.77. The van der Waals surface area contributed by atoms with Gasteiger partial charge in [0.15, 0.2) is 0 Å². The highest BCUT2D eigenvalue weighted by molar-refractivity contribution is 5.77. The average molecular weight is 141 g/mol. The predicted octanol–water partition coefficient (Wildman–Crippen LogP) is 0.0706. The van der Waals surface area contributed by atoms with E-state index in [1.807, 2.05) is 0 Å². The van der Waals surface area contributed by atoms with Crippen LogP contribution < -0.4 is 5.32 Å². The van der Waals surface area contributed by atoms with Gasteiger partial charge in [-0.3, -0.25) is 4.79 Å². The maximum Gasteiger partial charge on any atom is 0.312 e. The quantitative estimate of drug-likeness (QED) is 0.572. The summed E-state index contributed by atoms with van der Waals surface area (Å²) in [6, 6.07) is 0. The third kappa shape index (κ3) is 0.611. The van der Waals surface area contributed by atoms with Gasteiger partial charge in [0.1, 0.15) is 0 Å². The molecule has 1 saturated carbocycles. The van der Waals surface area contributed by atoms with Crippen LogP contribution in [0.1, 0.15) is 12.8 Å². The summed E-state index contributed by atoms with van der Waals surface area (Å²) in [5.41, 5.74) is -0.361. The minimum Gasteiger partial charge on any atom is -0.481 e. The average Bonchev–Trinajstić information content (AvgIpc) is 2.43. The Morgan fingerprint density at radius 3 is 2.20 bits per heavy atom. The summed E-state index contributed by atoms with van der Waals surface area (Å²) in [5.74, 6) is -0.125. The van der Waals surface area contributed by atoms with Crippen molar-refractivity contribution < 1.29 is 9.90 Å². The summed E-state index contributed by atoms with van der Waals surface area (Å²) in [6.45, 7) is 1.37. The zero-order valence-corrected chi connectivity index (χ0v) is 5.76. The second kappa shape index (κ2) is 1.72. The Morgan fingerprint density at radius 2 is 2.10 bits per heavy atom. The van der Waals surface area contributed by atoms with Gasteiger partial charge in [0, 0.05) is 13.1 Å². The molecule has 3 heteroatoms. The van der Waals surface area contributed by atoms with E-state index < -0.39 is 5.97 Å². The Bertz CT molecular complexity index is 170. The minimum absolute atomic E-state index is 0.361. The molecule has 1 saturated heterocycles. The summed E-state index contributed by atoms with van der Waals surface area (Å²) in [6.07, 6.45) is 2.24. The van der Waals surface area contributed by atoms with Crippen molar-refractivity contribution in [3.05, 3.63) is 0 Å². The molecular weight excluding hydrogens is 130 g/mol. The van der Waals surface area contributed by atoms with Gasteiger partial charge in [-0.2, -0.15) is 0 Å². The second-order valence-corrected chi connectivity index (χ2v) is 3.34. The number of carboxylic acids is 1. The Balaban J connectivity index is 2.12. The third-order valence-electron chi connectivity index (χ3n) is 2.67. The van der Waals surface area contributed by atoms with E-state index in [4.69, 9.17) is 5.11 Å². The van der Waals surface area contributed by atoms with Gasteiger partial charge in [0.05, 0.1) is 5.41 Å². The molecule has 0 aromatic rings. The SMILES string of the molecule is O=C(O)C1(C2CC2)CNC1. The first-order chi connectivity index (χ1) is 4.76. The predicted molar refractivity (Wildman–Crippen MR) is 35.7 cm³/mol. The molecule has 0 atom stereocenters. The van der Waals surface area contributed by atoms with Crippen molar-refractivity contribution in [1.29, 1.82) is 0 Å². The highest BCUT2D eigenvalue weighted by Crippen LogP contribution is 2.48. The number of rotatable bonds is 2. The van der Waals surface area contributed by atoms with Gasteiger partial charge < -0.3 is 10.4 Å². The van der Waals surface area contributed by atoms with E-state index in [-0.39, 0.29) is 5.41 Å². The number of carbonyl (C=O) groups is 1. The summed E-state index contributed by atoms with van der Waals surface area (Å²) in [4.78, 5) is 10.7. The van der Waals surface area contributed by atoms with Crippen LogP contribution >= 0.6 is 0 Å². The molecule has 56 valence electrons. The molecule has 10 heavy (non-hydrogen) atoms.